The van der Waals surface area contributed by atoms with E-state index in [2.05, 4.69) is 20.3 Å². The van der Waals surface area contributed by atoms with E-state index in [0.29, 0.717) is 21.5 Å². The lowest BCUT2D eigenvalue weighted by Gasteiger charge is -2.04. The van der Waals surface area contributed by atoms with Crippen molar-refractivity contribution in [1.29, 1.82) is 0 Å². The van der Waals surface area contributed by atoms with Crippen molar-refractivity contribution in [2.75, 3.05) is 0 Å². The van der Waals surface area contributed by atoms with Gasteiger partial charge in [-0.3, -0.25) is 4.98 Å². The zero-order chi connectivity index (χ0) is 17.2. The molecule has 124 valence electrons. The Morgan fingerprint density at radius 1 is 0.960 bits per heavy atom. The topological polar surface area (TPSA) is 56.0 Å². The van der Waals surface area contributed by atoms with Crippen molar-refractivity contribution in [3.8, 4) is 11.5 Å². The van der Waals surface area contributed by atoms with E-state index in [9.17, 15) is 0 Å². The number of hydrogen-bond donors (Lipinski definition) is 0. The first kappa shape index (κ1) is 16.3. The van der Waals surface area contributed by atoms with Crippen LogP contribution in [0.2, 0.25) is 10.0 Å². The third-order valence-electron chi connectivity index (χ3n) is 3.50. The summed E-state index contributed by atoms with van der Waals surface area (Å²) in [5.41, 5.74) is 2.49. The predicted molar refractivity (Wildman–Crippen MR) is 100 cm³/mol. The van der Waals surface area contributed by atoms with E-state index >= 15 is 0 Å². The number of halogens is 2. The Kier molecular flexibility index (Phi) is 4.57. The van der Waals surface area contributed by atoms with E-state index in [0.717, 1.165) is 22.0 Å². The first-order valence-corrected chi connectivity index (χ1v) is 9.15. The van der Waals surface area contributed by atoms with Gasteiger partial charge in [0.2, 0.25) is 5.82 Å². The van der Waals surface area contributed by atoms with Crippen LogP contribution >= 0.6 is 35.0 Å². The van der Waals surface area contributed by atoms with Crippen LogP contribution in [0, 0.1) is 0 Å². The van der Waals surface area contributed by atoms with Crippen molar-refractivity contribution in [2.45, 2.75) is 10.8 Å². The smallest absolute Gasteiger partial charge is 0.203 e. The number of pyridine rings is 1. The Labute approximate surface area is 158 Å². The fourth-order valence-electron chi connectivity index (χ4n) is 2.29. The average molecular weight is 388 g/mol. The molecule has 0 aliphatic rings. The molecule has 0 unspecified atom stereocenters. The van der Waals surface area contributed by atoms with E-state index in [1.807, 2.05) is 42.5 Å². The van der Waals surface area contributed by atoms with Gasteiger partial charge in [-0.1, -0.05) is 47.1 Å². The van der Waals surface area contributed by atoms with Crippen LogP contribution in [-0.4, -0.2) is 24.8 Å². The Balaban J connectivity index is 1.61. The van der Waals surface area contributed by atoms with Crippen molar-refractivity contribution in [1.82, 2.24) is 24.8 Å². The van der Waals surface area contributed by atoms with E-state index < -0.39 is 0 Å². The second-order valence-electron chi connectivity index (χ2n) is 5.22. The molecule has 0 saturated heterocycles. The summed E-state index contributed by atoms with van der Waals surface area (Å²) in [7, 11) is 0. The molecule has 4 aromatic rings. The second kappa shape index (κ2) is 7.00. The highest BCUT2D eigenvalue weighted by atomic mass is 35.5. The van der Waals surface area contributed by atoms with Gasteiger partial charge in [0.1, 0.15) is 10.7 Å². The number of rotatable bonds is 4. The maximum Gasteiger partial charge on any atom is 0.203 e. The standard InChI is InChI=1S/C17H11Cl2N5S/c18-12-5-4-11(9-13(12)19)10-25-16-7-6-15-21-22-17(24(15)23-16)14-3-1-2-8-20-14/h1-9H,10H2. The van der Waals surface area contributed by atoms with Crippen LogP contribution in [0.1, 0.15) is 5.56 Å². The lowest BCUT2D eigenvalue weighted by Crippen LogP contribution is -1.97. The van der Waals surface area contributed by atoms with Crippen LogP contribution in [0.15, 0.2) is 59.8 Å². The van der Waals surface area contributed by atoms with Crippen LogP contribution < -0.4 is 0 Å². The van der Waals surface area contributed by atoms with Gasteiger partial charge < -0.3 is 0 Å². The summed E-state index contributed by atoms with van der Waals surface area (Å²) in [6.07, 6.45) is 1.72. The van der Waals surface area contributed by atoms with E-state index in [4.69, 9.17) is 23.2 Å². The molecule has 0 N–H and O–H groups in total. The summed E-state index contributed by atoms with van der Waals surface area (Å²) in [4.78, 5) is 4.32. The zero-order valence-electron chi connectivity index (χ0n) is 12.8. The number of thioether (sulfide) groups is 1. The van der Waals surface area contributed by atoms with Gasteiger partial charge in [0.05, 0.1) is 10.0 Å². The Hall–Kier alpha value is -2.15. The predicted octanol–water partition coefficient (Wildman–Crippen LogP) is 4.79. The van der Waals surface area contributed by atoms with Crippen LogP contribution in [0.3, 0.4) is 0 Å². The normalized spacial score (nSPS) is 11.1. The molecule has 1 aromatic carbocycles. The van der Waals surface area contributed by atoms with Crippen molar-refractivity contribution in [2.24, 2.45) is 0 Å². The van der Waals surface area contributed by atoms with Crippen molar-refractivity contribution >= 4 is 40.6 Å². The van der Waals surface area contributed by atoms with Crippen LogP contribution in [0.4, 0.5) is 0 Å². The quantitative estimate of drug-likeness (QED) is 0.471. The SMILES string of the molecule is Clc1ccc(CSc2ccc3nnc(-c4ccccn4)n3n2)cc1Cl. The molecule has 4 rings (SSSR count). The Bertz CT molecular complexity index is 1040. The largest absolute Gasteiger partial charge is 0.253 e. The van der Waals surface area contributed by atoms with Gasteiger partial charge in [0.15, 0.2) is 5.65 Å². The van der Waals surface area contributed by atoms with Gasteiger partial charge in [-0.25, -0.2) is 0 Å². The first-order chi connectivity index (χ1) is 12.2. The maximum absolute atomic E-state index is 6.06. The average Bonchev–Trinajstić information content (AvgIpc) is 3.06. The van der Waals surface area contributed by atoms with Crippen LogP contribution in [-0.2, 0) is 5.75 Å². The molecule has 0 atom stereocenters. The molecule has 0 amide bonds. The molecule has 0 radical (unpaired) electrons. The molecular weight excluding hydrogens is 377 g/mol. The van der Waals surface area contributed by atoms with Crippen molar-refractivity contribution in [3.63, 3.8) is 0 Å². The molecule has 0 fully saturated rings. The fraction of sp³-hybridized carbons (Fsp3) is 0.0588. The van der Waals surface area contributed by atoms with E-state index in [1.54, 1.807) is 28.5 Å². The molecule has 0 aliphatic carbocycles. The maximum atomic E-state index is 6.06. The van der Waals surface area contributed by atoms with Crippen LogP contribution in [0.5, 0.6) is 0 Å². The second-order valence-corrected chi connectivity index (χ2v) is 7.03. The number of nitrogens with zero attached hydrogens (tertiary/aromatic N) is 5. The number of hydrogen-bond acceptors (Lipinski definition) is 5. The third kappa shape index (κ3) is 3.46. The highest BCUT2D eigenvalue weighted by molar-refractivity contribution is 7.98. The molecule has 0 bridgehead atoms. The summed E-state index contributed by atoms with van der Waals surface area (Å²) < 4.78 is 1.71. The summed E-state index contributed by atoms with van der Waals surface area (Å²) in [5, 5.41) is 14.9. The van der Waals surface area contributed by atoms with Crippen molar-refractivity contribution < 1.29 is 0 Å². The fourth-order valence-corrected chi connectivity index (χ4v) is 3.41. The van der Waals surface area contributed by atoms with Gasteiger partial charge in [-0.15, -0.1) is 10.2 Å². The van der Waals surface area contributed by atoms with Gasteiger partial charge >= 0.3 is 0 Å². The molecule has 3 aromatic heterocycles. The summed E-state index contributed by atoms with van der Waals surface area (Å²) >= 11 is 13.6. The highest BCUT2D eigenvalue weighted by Gasteiger charge is 2.11. The number of aromatic nitrogens is 5. The van der Waals surface area contributed by atoms with Crippen molar-refractivity contribution in [3.05, 3.63) is 70.3 Å². The summed E-state index contributed by atoms with van der Waals surface area (Å²) in [6, 6.07) is 15.1. The van der Waals surface area contributed by atoms with Gasteiger partial charge in [0.25, 0.3) is 0 Å². The highest BCUT2D eigenvalue weighted by Crippen LogP contribution is 2.27. The third-order valence-corrected chi connectivity index (χ3v) is 5.23. The summed E-state index contributed by atoms with van der Waals surface area (Å²) in [5.74, 6) is 1.35. The number of benzene rings is 1. The minimum absolute atomic E-state index is 0.555. The van der Waals surface area contributed by atoms with Crippen LogP contribution in [0.25, 0.3) is 17.2 Å². The molecule has 0 saturated carbocycles. The monoisotopic (exact) mass is 387 g/mol. The van der Waals surface area contributed by atoms with Gasteiger partial charge in [-0.05, 0) is 42.0 Å². The molecule has 8 heteroatoms. The molecule has 25 heavy (non-hydrogen) atoms. The number of fused-ring (bicyclic) bond motifs is 1. The molecule has 3 heterocycles. The van der Waals surface area contributed by atoms with Gasteiger partial charge in [0, 0.05) is 11.9 Å². The Morgan fingerprint density at radius 2 is 1.88 bits per heavy atom. The minimum Gasteiger partial charge on any atom is -0.253 e. The zero-order valence-corrected chi connectivity index (χ0v) is 15.1. The van der Waals surface area contributed by atoms with Gasteiger partial charge in [-0.2, -0.15) is 9.61 Å². The Morgan fingerprint density at radius 3 is 2.68 bits per heavy atom. The molecular formula is C17H11Cl2N5S. The molecule has 0 spiro atoms. The molecule has 5 nitrogen and oxygen atoms in total. The minimum atomic E-state index is 0.555. The van der Waals surface area contributed by atoms with E-state index in [1.165, 1.54) is 0 Å². The van der Waals surface area contributed by atoms with E-state index in [-0.39, 0.29) is 0 Å². The summed E-state index contributed by atoms with van der Waals surface area (Å²) in [6.45, 7) is 0. The lowest BCUT2D eigenvalue weighted by atomic mass is 10.2. The molecule has 0 aliphatic heterocycles. The first-order valence-electron chi connectivity index (χ1n) is 7.41. The lowest BCUT2D eigenvalue weighted by molar-refractivity contribution is 0.857.